The smallest absolute Gasteiger partial charge is 0.240 e. The minimum Gasteiger partial charge on any atom is -0.350 e. The van der Waals surface area contributed by atoms with Crippen molar-refractivity contribution in [3.63, 3.8) is 0 Å². The number of imide groups is 1. The normalized spacial score (nSPS) is 14.3. The van der Waals surface area contributed by atoms with E-state index in [2.05, 4.69) is 10.3 Å². The lowest BCUT2D eigenvalue weighted by Crippen LogP contribution is -2.39. The average molecular weight is 329 g/mol. The second kappa shape index (κ2) is 6.70. The number of thiophene rings is 1. The number of nitrogens with zero attached hydrogens (tertiary/aromatic N) is 2. The van der Waals surface area contributed by atoms with Crippen molar-refractivity contribution in [2.75, 3.05) is 6.54 Å². The standard InChI is InChI=1S/C16H15N3O3S/c20-14(9-19-15(21)1-2-16(19)22)18-7-11-5-13(8-17-6-11)12-3-4-23-10-12/h3-6,8,10H,1-2,7,9H2,(H,18,20). The van der Waals surface area contributed by atoms with E-state index in [1.54, 1.807) is 23.7 Å². The highest BCUT2D eigenvalue weighted by Crippen LogP contribution is 2.21. The highest BCUT2D eigenvalue weighted by molar-refractivity contribution is 7.08. The number of aromatic nitrogens is 1. The van der Waals surface area contributed by atoms with Crippen LogP contribution in [-0.2, 0) is 20.9 Å². The van der Waals surface area contributed by atoms with E-state index in [-0.39, 0.29) is 37.1 Å². The maximum atomic E-state index is 11.9. The first-order valence-electron chi connectivity index (χ1n) is 7.20. The second-order valence-electron chi connectivity index (χ2n) is 5.24. The van der Waals surface area contributed by atoms with E-state index in [1.807, 2.05) is 22.9 Å². The number of likely N-dealkylation sites (tertiary alicyclic amines) is 1. The van der Waals surface area contributed by atoms with E-state index in [4.69, 9.17) is 0 Å². The summed E-state index contributed by atoms with van der Waals surface area (Å²) >= 11 is 1.61. The van der Waals surface area contributed by atoms with Crippen LogP contribution >= 0.6 is 11.3 Å². The first-order valence-corrected chi connectivity index (χ1v) is 8.14. The molecule has 7 heteroatoms. The molecule has 1 aliphatic heterocycles. The molecule has 2 aromatic heterocycles. The third-order valence-corrected chi connectivity index (χ3v) is 4.28. The largest absolute Gasteiger partial charge is 0.350 e. The molecule has 3 rings (SSSR count). The van der Waals surface area contributed by atoms with E-state index in [0.717, 1.165) is 21.6 Å². The van der Waals surface area contributed by atoms with Crippen molar-refractivity contribution in [2.45, 2.75) is 19.4 Å². The van der Waals surface area contributed by atoms with E-state index in [0.29, 0.717) is 6.54 Å². The summed E-state index contributed by atoms with van der Waals surface area (Å²) in [6, 6.07) is 3.97. The summed E-state index contributed by atoms with van der Waals surface area (Å²) < 4.78 is 0. The molecular weight excluding hydrogens is 314 g/mol. The Kier molecular flexibility index (Phi) is 4.47. The number of hydrogen-bond acceptors (Lipinski definition) is 5. The summed E-state index contributed by atoms with van der Waals surface area (Å²) in [5.41, 5.74) is 2.94. The van der Waals surface area contributed by atoms with Gasteiger partial charge in [-0.2, -0.15) is 11.3 Å². The van der Waals surface area contributed by atoms with Gasteiger partial charge in [0, 0.05) is 37.3 Å². The fraction of sp³-hybridized carbons (Fsp3) is 0.250. The lowest BCUT2D eigenvalue weighted by atomic mass is 10.1. The number of carbonyl (C=O) groups excluding carboxylic acids is 3. The van der Waals surface area contributed by atoms with Crippen molar-refractivity contribution in [1.82, 2.24) is 15.2 Å². The zero-order valence-corrected chi connectivity index (χ0v) is 13.1. The zero-order chi connectivity index (χ0) is 16.2. The molecular formula is C16H15N3O3S. The summed E-state index contributed by atoms with van der Waals surface area (Å²) in [6.07, 6.45) is 3.84. The molecule has 1 saturated heterocycles. The molecule has 0 spiro atoms. The van der Waals surface area contributed by atoms with E-state index >= 15 is 0 Å². The van der Waals surface area contributed by atoms with Crippen molar-refractivity contribution >= 4 is 29.1 Å². The molecule has 1 N–H and O–H groups in total. The molecule has 0 saturated carbocycles. The molecule has 0 unspecified atom stereocenters. The second-order valence-corrected chi connectivity index (χ2v) is 6.02. The lowest BCUT2D eigenvalue weighted by molar-refractivity contribution is -0.142. The van der Waals surface area contributed by atoms with Crippen LogP contribution in [0.5, 0.6) is 0 Å². The molecule has 3 heterocycles. The van der Waals surface area contributed by atoms with Crippen LogP contribution < -0.4 is 5.32 Å². The summed E-state index contributed by atoms with van der Waals surface area (Å²) in [4.78, 5) is 40.1. The van der Waals surface area contributed by atoms with Crippen LogP contribution in [0.15, 0.2) is 35.3 Å². The van der Waals surface area contributed by atoms with Crippen molar-refractivity contribution in [1.29, 1.82) is 0 Å². The van der Waals surface area contributed by atoms with Crippen LogP contribution in [0.1, 0.15) is 18.4 Å². The number of amides is 3. The third kappa shape index (κ3) is 3.62. The molecule has 118 valence electrons. The molecule has 3 amide bonds. The fourth-order valence-electron chi connectivity index (χ4n) is 2.37. The van der Waals surface area contributed by atoms with Crippen molar-refractivity contribution in [3.8, 4) is 11.1 Å². The highest BCUT2D eigenvalue weighted by Gasteiger charge is 2.30. The molecule has 23 heavy (non-hydrogen) atoms. The van der Waals surface area contributed by atoms with Gasteiger partial charge in [-0.25, -0.2) is 0 Å². The summed E-state index contributed by atoms with van der Waals surface area (Å²) in [5.74, 6) is -0.924. The van der Waals surface area contributed by atoms with E-state index in [9.17, 15) is 14.4 Å². The van der Waals surface area contributed by atoms with Crippen LogP contribution in [0.25, 0.3) is 11.1 Å². The number of hydrogen-bond donors (Lipinski definition) is 1. The monoisotopic (exact) mass is 329 g/mol. The zero-order valence-electron chi connectivity index (χ0n) is 12.3. The van der Waals surface area contributed by atoms with Gasteiger partial charge in [0.1, 0.15) is 6.54 Å². The van der Waals surface area contributed by atoms with Gasteiger partial charge in [-0.3, -0.25) is 24.3 Å². The average Bonchev–Trinajstić information content (AvgIpc) is 3.19. The molecule has 0 radical (unpaired) electrons. The predicted octanol–water partition coefficient (Wildman–Crippen LogP) is 1.58. The lowest BCUT2D eigenvalue weighted by Gasteiger charge is -2.13. The Bertz CT molecular complexity index is 727. The van der Waals surface area contributed by atoms with Crippen LogP contribution in [-0.4, -0.2) is 34.2 Å². The van der Waals surface area contributed by atoms with Crippen molar-refractivity contribution < 1.29 is 14.4 Å². The minimum atomic E-state index is -0.352. The summed E-state index contributed by atoms with van der Waals surface area (Å²) in [7, 11) is 0. The van der Waals surface area contributed by atoms with Gasteiger partial charge in [0.2, 0.25) is 17.7 Å². The van der Waals surface area contributed by atoms with E-state index < -0.39 is 0 Å². The van der Waals surface area contributed by atoms with Gasteiger partial charge in [-0.05, 0) is 34.0 Å². The molecule has 0 bridgehead atoms. The van der Waals surface area contributed by atoms with Crippen LogP contribution in [0.3, 0.4) is 0 Å². The highest BCUT2D eigenvalue weighted by atomic mass is 32.1. The Morgan fingerprint density at radius 1 is 1.22 bits per heavy atom. The van der Waals surface area contributed by atoms with Crippen LogP contribution in [0.2, 0.25) is 0 Å². The molecule has 6 nitrogen and oxygen atoms in total. The van der Waals surface area contributed by atoms with Crippen molar-refractivity contribution in [3.05, 3.63) is 40.8 Å². The topological polar surface area (TPSA) is 79.4 Å². The van der Waals surface area contributed by atoms with Crippen molar-refractivity contribution in [2.24, 2.45) is 0 Å². The first-order chi connectivity index (χ1) is 11.1. The van der Waals surface area contributed by atoms with Crippen LogP contribution in [0, 0.1) is 0 Å². The van der Waals surface area contributed by atoms with Gasteiger partial charge in [0.15, 0.2) is 0 Å². The van der Waals surface area contributed by atoms with Gasteiger partial charge in [0.05, 0.1) is 0 Å². The Balaban J connectivity index is 1.58. The maximum Gasteiger partial charge on any atom is 0.240 e. The van der Waals surface area contributed by atoms with Gasteiger partial charge in [-0.15, -0.1) is 0 Å². The summed E-state index contributed by atoms with van der Waals surface area (Å²) in [6.45, 7) is 0.0926. The SMILES string of the molecule is O=C(CN1C(=O)CCC1=O)NCc1cncc(-c2ccsc2)c1. The van der Waals surface area contributed by atoms with Gasteiger partial charge >= 0.3 is 0 Å². The van der Waals surface area contributed by atoms with Gasteiger partial charge in [0.25, 0.3) is 0 Å². The van der Waals surface area contributed by atoms with E-state index in [1.165, 1.54) is 0 Å². The number of carbonyl (C=O) groups is 3. The van der Waals surface area contributed by atoms with Crippen LogP contribution in [0.4, 0.5) is 0 Å². The summed E-state index contributed by atoms with van der Waals surface area (Å²) in [5, 5.41) is 6.74. The Morgan fingerprint density at radius 2 is 2.00 bits per heavy atom. The Labute approximate surface area is 137 Å². The quantitative estimate of drug-likeness (QED) is 0.845. The van der Waals surface area contributed by atoms with Gasteiger partial charge < -0.3 is 5.32 Å². The Hall–Kier alpha value is -2.54. The number of pyridine rings is 1. The molecule has 2 aromatic rings. The predicted molar refractivity (Wildman–Crippen MR) is 85.4 cm³/mol. The molecule has 0 aliphatic carbocycles. The fourth-order valence-corrected chi connectivity index (χ4v) is 3.04. The van der Waals surface area contributed by atoms with Gasteiger partial charge in [-0.1, -0.05) is 0 Å². The Morgan fingerprint density at radius 3 is 2.70 bits per heavy atom. The minimum absolute atomic E-state index is 0.193. The molecule has 0 aromatic carbocycles. The molecule has 1 fully saturated rings. The maximum absolute atomic E-state index is 11.9. The first kappa shape index (κ1) is 15.4. The number of rotatable bonds is 5. The number of nitrogens with one attached hydrogen (secondary N) is 1. The molecule has 1 aliphatic rings. The third-order valence-electron chi connectivity index (χ3n) is 3.60. The molecule has 0 atom stereocenters.